The number of aromatic nitrogens is 3. The average Bonchev–Trinajstić information content (AvgIpc) is 2.61. The molecule has 0 spiro atoms. The molecule has 0 aliphatic rings. The molecule has 30 heavy (non-hydrogen) atoms. The van der Waals surface area contributed by atoms with Crippen molar-refractivity contribution in [3.63, 3.8) is 0 Å². The molecule has 1 unspecified atom stereocenters. The number of hydrogen-bond acceptors (Lipinski definition) is 7. The zero-order chi connectivity index (χ0) is 22.6. The van der Waals surface area contributed by atoms with Gasteiger partial charge in [0.05, 0.1) is 12.4 Å². The Kier molecular flexibility index (Phi) is 7.25. The third-order valence-electron chi connectivity index (χ3n) is 3.51. The van der Waals surface area contributed by atoms with Crippen LogP contribution in [0.25, 0.3) is 5.69 Å². The van der Waals surface area contributed by atoms with Crippen LogP contribution in [0.3, 0.4) is 0 Å². The van der Waals surface area contributed by atoms with Gasteiger partial charge in [0, 0.05) is 4.90 Å². The SMILES string of the molecule is CCOC(=O)NC(O)c1nn(-c2cc(SCC(F)(F)F)c(C)cc2F)c(=O)[nH]c1=O. The van der Waals surface area contributed by atoms with Crippen molar-refractivity contribution in [2.45, 2.75) is 31.1 Å². The van der Waals surface area contributed by atoms with Crippen molar-refractivity contribution in [3.8, 4) is 5.69 Å². The fourth-order valence-corrected chi connectivity index (χ4v) is 3.03. The number of nitrogens with zero attached hydrogens (tertiary/aromatic N) is 2. The Morgan fingerprint density at radius 3 is 2.67 bits per heavy atom. The van der Waals surface area contributed by atoms with Crippen molar-refractivity contribution in [3.05, 3.63) is 50.0 Å². The third-order valence-corrected chi connectivity index (χ3v) is 4.73. The maximum Gasteiger partial charge on any atom is 0.409 e. The number of aromatic amines is 1. The van der Waals surface area contributed by atoms with Crippen LogP contribution in [-0.2, 0) is 4.74 Å². The standard InChI is InChI=1S/C16H16F4N4O5S/c1-3-29-15(28)22-13(26)11-12(25)21-14(27)24(23-11)9-5-10(7(2)4-8(9)17)30-6-16(18,19)20/h4-5,13,26H,3,6H2,1-2H3,(H,22,28)(H,21,25,27). The van der Waals surface area contributed by atoms with Gasteiger partial charge in [-0.15, -0.1) is 11.8 Å². The van der Waals surface area contributed by atoms with E-state index in [4.69, 9.17) is 0 Å². The highest BCUT2D eigenvalue weighted by Crippen LogP contribution is 2.31. The van der Waals surface area contributed by atoms with E-state index in [1.165, 1.54) is 13.8 Å². The van der Waals surface area contributed by atoms with Crippen LogP contribution >= 0.6 is 11.8 Å². The summed E-state index contributed by atoms with van der Waals surface area (Å²) in [5.41, 5.74) is -3.52. The number of alkyl halides is 3. The van der Waals surface area contributed by atoms with Gasteiger partial charge in [0.1, 0.15) is 11.5 Å². The second-order valence-electron chi connectivity index (χ2n) is 5.80. The molecule has 0 fully saturated rings. The Labute approximate surface area is 170 Å². The number of amides is 1. The van der Waals surface area contributed by atoms with Gasteiger partial charge in [0.25, 0.3) is 5.56 Å². The number of H-pyrrole nitrogens is 1. The Bertz CT molecular complexity index is 1050. The summed E-state index contributed by atoms with van der Waals surface area (Å²) in [6.45, 7) is 2.84. The lowest BCUT2D eigenvalue weighted by molar-refractivity contribution is -0.105. The zero-order valence-corrected chi connectivity index (χ0v) is 16.4. The van der Waals surface area contributed by atoms with Crippen molar-refractivity contribution in [2.75, 3.05) is 12.4 Å². The number of aliphatic hydroxyl groups is 1. The second kappa shape index (κ2) is 9.30. The lowest BCUT2D eigenvalue weighted by Gasteiger charge is -2.14. The average molecular weight is 452 g/mol. The summed E-state index contributed by atoms with van der Waals surface area (Å²) in [5.74, 6) is -2.26. The Hall–Kier alpha value is -2.87. The van der Waals surface area contributed by atoms with Gasteiger partial charge in [-0.3, -0.25) is 15.1 Å². The fraction of sp³-hybridized carbons (Fsp3) is 0.375. The van der Waals surface area contributed by atoms with Crippen molar-refractivity contribution in [1.29, 1.82) is 0 Å². The number of carbonyl (C=O) groups excluding carboxylic acids is 1. The van der Waals surface area contributed by atoms with Crippen LogP contribution in [0, 0.1) is 12.7 Å². The van der Waals surface area contributed by atoms with Gasteiger partial charge in [-0.1, -0.05) is 0 Å². The predicted molar refractivity (Wildman–Crippen MR) is 97.0 cm³/mol. The monoisotopic (exact) mass is 452 g/mol. The first kappa shape index (κ1) is 23.4. The summed E-state index contributed by atoms with van der Waals surface area (Å²) >= 11 is 0.375. The summed E-state index contributed by atoms with van der Waals surface area (Å²) in [6.07, 6.45) is -7.57. The third kappa shape index (κ3) is 5.82. The highest BCUT2D eigenvalue weighted by molar-refractivity contribution is 7.99. The van der Waals surface area contributed by atoms with E-state index in [9.17, 15) is 37.1 Å². The number of halogens is 4. The van der Waals surface area contributed by atoms with E-state index in [0.717, 1.165) is 12.1 Å². The topological polar surface area (TPSA) is 126 Å². The highest BCUT2D eigenvalue weighted by Gasteiger charge is 2.28. The summed E-state index contributed by atoms with van der Waals surface area (Å²) in [5, 5.41) is 15.4. The van der Waals surface area contributed by atoms with E-state index in [2.05, 4.69) is 9.84 Å². The minimum absolute atomic E-state index is 0.0235. The van der Waals surface area contributed by atoms with E-state index in [1.54, 1.807) is 4.98 Å². The molecule has 0 bridgehead atoms. The largest absolute Gasteiger partial charge is 0.450 e. The lowest BCUT2D eigenvalue weighted by atomic mass is 10.2. The molecule has 0 saturated heterocycles. The van der Waals surface area contributed by atoms with Gasteiger partial charge in [0.15, 0.2) is 11.9 Å². The number of aliphatic hydroxyl groups excluding tert-OH is 1. The summed E-state index contributed by atoms with van der Waals surface area (Å²) in [6, 6.07) is 1.86. The quantitative estimate of drug-likeness (QED) is 0.346. The maximum absolute atomic E-state index is 14.4. The number of rotatable bonds is 6. The zero-order valence-electron chi connectivity index (χ0n) is 15.5. The molecule has 1 heterocycles. The van der Waals surface area contributed by atoms with Crippen LogP contribution in [0.4, 0.5) is 22.4 Å². The number of ether oxygens (including phenoxy) is 1. The van der Waals surface area contributed by atoms with Gasteiger partial charge in [-0.05, 0) is 31.5 Å². The number of aryl methyl sites for hydroxylation is 1. The normalized spacial score (nSPS) is 12.5. The van der Waals surface area contributed by atoms with Gasteiger partial charge < -0.3 is 9.84 Å². The van der Waals surface area contributed by atoms with Crippen LogP contribution in [0.15, 0.2) is 26.6 Å². The van der Waals surface area contributed by atoms with Crippen molar-refractivity contribution >= 4 is 17.9 Å². The Morgan fingerprint density at radius 1 is 1.40 bits per heavy atom. The summed E-state index contributed by atoms with van der Waals surface area (Å²) in [7, 11) is 0. The maximum atomic E-state index is 14.4. The molecule has 1 atom stereocenters. The van der Waals surface area contributed by atoms with E-state index < -0.39 is 52.7 Å². The molecule has 9 nitrogen and oxygen atoms in total. The molecule has 0 saturated carbocycles. The summed E-state index contributed by atoms with van der Waals surface area (Å²) < 4.78 is 56.9. The first-order chi connectivity index (χ1) is 13.9. The van der Waals surface area contributed by atoms with Crippen LogP contribution in [0.1, 0.15) is 24.4 Å². The van der Waals surface area contributed by atoms with Crippen molar-refractivity contribution in [1.82, 2.24) is 20.1 Å². The highest BCUT2D eigenvalue weighted by atomic mass is 32.2. The number of alkyl carbamates (subject to hydrolysis) is 1. The molecule has 3 N–H and O–H groups in total. The minimum Gasteiger partial charge on any atom is -0.450 e. The molecule has 2 rings (SSSR count). The fourth-order valence-electron chi connectivity index (χ4n) is 2.23. The number of thioether (sulfide) groups is 1. The van der Waals surface area contributed by atoms with Crippen LogP contribution in [0.5, 0.6) is 0 Å². The van der Waals surface area contributed by atoms with Gasteiger partial charge in [-0.2, -0.15) is 23.0 Å². The molecule has 0 aliphatic heterocycles. The first-order valence-electron chi connectivity index (χ1n) is 8.28. The van der Waals surface area contributed by atoms with E-state index in [-0.39, 0.29) is 17.1 Å². The van der Waals surface area contributed by atoms with Gasteiger partial charge in [-0.25, -0.2) is 14.0 Å². The van der Waals surface area contributed by atoms with Crippen molar-refractivity contribution < 1.29 is 32.2 Å². The first-order valence-corrected chi connectivity index (χ1v) is 9.26. The molecular weight excluding hydrogens is 436 g/mol. The molecule has 1 aromatic heterocycles. The van der Waals surface area contributed by atoms with E-state index in [1.807, 2.05) is 5.32 Å². The molecule has 14 heteroatoms. The number of hydrogen-bond donors (Lipinski definition) is 3. The molecule has 0 aliphatic carbocycles. The Morgan fingerprint density at radius 2 is 2.07 bits per heavy atom. The minimum atomic E-state index is -4.48. The van der Waals surface area contributed by atoms with Crippen LogP contribution < -0.4 is 16.6 Å². The molecular formula is C16H16F4N4O5S. The predicted octanol–water partition coefficient (Wildman–Crippen LogP) is 1.76. The number of carbonyl (C=O) groups is 1. The van der Waals surface area contributed by atoms with Gasteiger partial charge >= 0.3 is 18.0 Å². The number of nitrogens with one attached hydrogen (secondary N) is 2. The van der Waals surface area contributed by atoms with Crippen LogP contribution in [0.2, 0.25) is 0 Å². The molecule has 1 amide bonds. The molecule has 164 valence electrons. The molecule has 0 radical (unpaired) electrons. The number of benzene rings is 1. The Balaban J connectivity index is 2.49. The van der Waals surface area contributed by atoms with E-state index >= 15 is 0 Å². The summed E-state index contributed by atoms with van der Waals surface area (Å²) in [4.78, 5) is 37.2. The van der Waals surface area contributed by atoms with Crippen molar-refractivity contribution in [2.24, 2.45) is 0 Å². The van der Waals surface area contributed by atoms with E-state index in [0.29, 0.717) is 16.4 Å². The smallest absolute Gasteiger partial charge is 0.409 e. The molecule has 1 aromatic carbocycles. The second-order valence-corrected chi connectivity index (χ2v) is 6.81. The van der Waals surface area contributed by atoms with Crippen LogP contribution in [-0.4, -0.2) is 44.5 Å². The lowest BCUT2D eigenvalue weighted by Crippen LogP contribution is -2.39. The van der Waals surface area contributed by atoms with Gasteiger partial charge in [0.2, 0.25) is 0 Å². The molecule has 2 aromatic rings.